The first-order valence-electron chi connectivity index (χ1n) is 9.41. The fourth-order valence-corrected chi connectivity index (χ4v) is 3.92. The Morgan fingerprint density at radius 2 is 1.89 bits per heavy atom. The SMILES string of the molecule is COc1cc(O)c(CN2CCCCC2)c2occ(-c3ccc(Cl)cc3)c(=O)c12. The Kier molecular flexibility index (Phi) is 5.29. The van der Waals surface area contributed by atoms with E-state index in [1.807, 2.05) is 0 Å². The molecular formula is C22H22ClNO4. The summed E-state index contributed by atoms with van der Waals surface area (Å²) in [5.74, 6) is 0.386. The highest BCUT2D eigenvalue weighted by atomic mass is 35.5. The Hall–Kier alpha value is -2.50. The maximum absolute atomic E-state index is 13.3. The normalized spacial score (nSPS) is 15.1. The van der Waals surface area contributed by atoms with Crippen LogP contribution < -0.4 is 10.2 Å². The number of nitrogens with zero attached hydrogens (tertiary/aromatic N) is 1. The van der Waals surface area contributed by atoms with Gasteiger partial charge < -0.3 is 14.3 Å². The molecule has 0 aliphatic carbocycles. The van der Waals surface area contributed by atoms with E-state index in [4.69, 9.17) is 20.8 Å². The number of hydrogen-bond donors (Lipinski definition) is 1. The van der Waals surface area contributed by atoms with E-state index in [0.29, 0.717) is 45.0 Å². The molecule has 1 aliphatic heterocycles. The number of hydrogen-bond acceptors (Lipinski definition) is 5. The van der Waals surface area contributed by atoms with Crippen molar-refractivity contribution in [1.29, 1.82) is 0 Å². The van der Waals surface area contributed by atoms with Gasteiger partial charge in [-0.1, -0.05) is 30.2 Å². The Morgan fingerprint density at radius 1 is 1.18 bits per heavy atom. The van der Waals surface area contributed by atoms with Crippen molar-refractivity contribution in [3.63, 3.8) is 0 Å². The molecule has 0 radical (unpaired) electrons. The summed E-state index contributed by atoms with van der Waals surface area (Å²) in [7, 11) is 1.48. The smallest absolute Gasteiger partial charge is 0.204 e. The highest BCUT2D eigenvalue weighted by Crippen LogP contribution is 2.36. The first kappa shape index (κ1) is 18.8. The molecule has 5 nitrogen and oxygen atoms in total. The molecule has 1 aliphatic rings. The number of ether oxygens (including phenoxy) is 1. The lowest BCUT2D eigenvalue weighted by molar-refractivity contribution is 0.218. The van der Waals surface area contributed by atoms with Crippen LogP contribution in [0.4, 0.5) is 0 Å². The molecular weight excluding hydrogens is 378 g/mol. The Balaban J connectivity index is 1.87. The molecule has 2 aromatic carbocycles. The van der Waals surface area contributed by atoms with E-state index < -0.39 is 0 Å². The van der Waals surface area contributed by atoms with E-state index in [2.05, 4.69) is 4.90 Å². The van der Waals surface area contributed by atoms with Crippen LogP contribution in [-0.2, 0) is 6.54 Å². The van der Waals surface area contributed by atoms with Gasteiger partial charge in [0.2, 0.25) is 5.43 Å². The number of benzene rings is 2. The fraction of sp³-hybridized carbons (Fsp3) is 0.318. The van der Waals surface area contributed by atoms with Gasteiger partial charge in [-0.15, -0.1) is 0 Å². The van der Waals surface area contributed by atoms with Crippen LogP contribution >= 0.6 is 11.6 Å². The van der Waals surface area contributed by atoms with Crippen LogP contribution in [0.15, 0.2) is 45.8 Å². The zero-order valence-corrected chi connectivity index (χ0v) is 16.5. The van der Waals surface area contributed by atoms with Gasteiger partial charge in [-0.2, -0.15) is 0 Å². The topological polar surface area (TPSA) is 62.9 Å². The van der Waals surface area contributed by atoms with Gasteiger partial charge in [0.15, 0.2) is 0 Å². The van der Waals surface area contributed by atoms with Gasteiger partial charge in [0, 0.05) is 17.6 Å². The maximum atomic E-state index is 13.3. The van der Waals surface area contributed by atoms with Gasteiger partial charge in [-0.3, -0.25) is 9.69 Å². The lowest BCUT2D eigenvalue weighted by Crippen LogP contribution is -2.29. The maximum Gasteiger partial charge on any atom is 0.204 e. The molecule has 146 valence electrons. The minimum atomic E-state index is -0.194. The van der Waals surface area contributed by atoms with Gasteiger partial charge >= 0.3 is 0 Å². The van der Waals surface area contributed by atoms with Crippen LogP contribution in [0.2, 0.25) is 5.02 Å². The zero-order chi connectivity index (χ0) is 19.7. The highest BCUT2D eigenvalue weighted by molar-refractivity contribution is 6.30. The molecule has 1 aromatic heterocycles. The number of halogens is 1. The van der Waals surface area contributed by atoms with E-state index in [1.165, 1.54) is 25.9 Å². The summed E-state index contributed by atoms with van der Waals surface area (Å²) in [4.78, 5) is 15.6. The summed E-state index contributed by atoms with van der Waals surface area (Å²) in [5.41, 5.74) is 1.95. The molecule has 28 heavy (non-hydrogen) atoms. The first-order chi connectivity index (χ1) is 13.6. The minimum absolute atomic E-state index is 0.0808. The van der Waals surface area contributed by atoms with Crippen molar-refractivity contribution in [3.8, 4) is 22.6 Å². The van der Waals surface area contributed by atoms with E-state index in [0.717, 1.165) is 25.9 Å². The van der Waals surface area contributed by atoms with Crippen LogP contribution in [0.25, 0.3) is 22.1 Å². The molecule has 0 amide bonds. The summed E-state index contributed by atoms with van der Waals surface area (Å²) in [6, 6.07) is 8.53. The summed E-state index contributed by atoms with van der Waals surface area (Å²) in [5, 5.41) is 11.5. The van der Waals surface area contributed by atoms with Gasteiger partial charge in [0.1, 0.15) is 28.7 Å². The van der Waals surface area contributed by atoms with E-state index in [-0.39, 0.29) is 11.2 Å². The van der Waals surface area contributed by atoms with E-state index >= 15 is 0 Å². The Labute approximate surface area is 168 Å². The van der Waals surface area contributed by atoms with E-state index in [1.54, 1.807) is 24.3 Å². The van der Waals surface area contributed by atoms with Gasteiger partial charge in [-0.25, -0.2) is 0 Å². The first-order valence-corrected chi connectivity index (χ1v) is 9.79. The molecule has 1 fully saturated rings. The van der Waals surface area contributed by atoms with Crippen molar-refractivity contribution >= 4 is 22.6 Å². The second kappa shape index (κ2) is 7.86. The Morgan fingerprint density at radius 3 is 2.57 bits per heavy atom. The molecule has 2 heterocycles. The third-order valence-electron chi connectivity index (χ3n) is 5.30. The number of methoxy groups -OCH3 is 1. The predicted octanol–water partition coefficient (Wildman–Crippen LogP) is 4.81. The van der Waals surface area contributed by atoms with Crippen LogP contribution in [0.1, 0.15) is 24.8 Å². The average molecular weight is 400 g/mol. The molecule has 6 heteroatoms. The molecule has 0 atom stereocenters. The standard InChI is InChI=1S/C22H22ClNO4/c1-27-19-11-18(25)16(12-24-9-3-2-4-10-24)22-20(19)21(26)17(13-28-22)14-5-7-15(23)8-6-14/h5-8,11,13,25H,2-4,9-10,12H2,1H3. The predicted molar refractivity (Wildman–Crippen MR) is 110 cm³/mol. The van der Waals surface area contributed by atoms with Crippen LogP contribution in [0, 0.1) is 0 Å². The zero-order valence-electron chi connectivity index (χ0n) is 15.7. The van der Waals surface area contributed by atoms with Crippen molar-refractivity contribution in [2.24, 2.45) is 0 Å². The van der Waals surface area contributed by atoms with Crippen molar-refractivity contribution in [1.82, 2.24) is 4.90 Å². The van der Waals surface area contributed by atoms with Gasteiger partial charge in [-0.05, 0) is 43.6 Å². The molecule has 0 spiro atoms. The fourth-order valence-electron chi connectivity index (χ4n) is 3.80. The molecule has 0 saturated carbocycles. The summed E-state index contributed by atoms with van der Waals surface area (Å²) < 4.78 is 11.3. The second-order valence-corrected chi connectivity index (χ2v) is 7.54. The molecule has 0 unspecified atom stereocenters. The number of phenolic OH excluding ortho intramolecular Hbond substituents is 1. The van der Waals surface area contributed by atoms with E-state index in [9.17, 15) is 9.90 Å². The average Bonchev–Trinajstić information content (AvgIpc) is 2.71. The summed E-state index contributed by atoms with van der Waals surface area (Å²) in [6.45, 7) is 2.48. The van der Waals surface area contributed by atoms with Crippen LogP contribution in [0.3, 0.4) is 0 Å². The van der Waals surface area contributed by atoms with Crippen LogP contribution in [0.5, 0.6) is 11.5 Å². The third-order valence-corrected chi connectivity index (χ3v) is 5.55. The molecule has 0 bridgehead atoms. The van der Waals surface area contributed by atoms with Crippen LogP contribution in [-0.4, -0.2) is 30.2 Å². The summed E-state index contributed by atoms with van der Waals surface area (Å²) in [6.07, 6.45) is 4.96. The summed E-state index contributed by atoms with van der Waals surface area (Å²) >= 11 is 5.96. The quantitative estimate of drug-likeness (QED) is 0.681. The van der Waals surface area contributed by atoms with Crippen molar-refractivity contribution in [3.05, 3.63) is 57.4 Å². The lowest BCUT2D eigenvalue weighted by atomic mass is 10.0. The third kappa shape index (κ3) is 3.48. The number of aromatic hydroxyl groups is 1. The number of piperidine rings is 1. The van der Waals surface area contributed by atoms with Crippen molar-refractivity contribution in [2.75, 3.05) is 20.2 Å². The van der Waals surface area contributed by atoms with Crippen molar-refractivity contribution < 1.29 is 14.3 Å². The Bertz CT molecular complexity index is 1050. The second-order valence-electron chi connectivity index (χ2n) is 7.10. The highest BCUT2D eigenvalue weighted by Gasteiger charge is 2.22. The molecule has 1 saturated heterocycles. The number of rotatable bonds is 4. The number of fused-ring (bicyclic) bond motifs is 1. The minimum Gasteiger partial charge on any atom is -0.507 e. The molecule has 4 rings (SSSR count). The van der Waals surface area contributed by atoms with Gasteiger partial charge in [0.25, 0.3) is 0 Å². The molecule has 3 aromatic rings. The number of phenols is 1. The lowest BCUT2D eigenvalue weighted by Gasteiger charge is -2.27. The van der Waals surface area contributed by atoms with Gasteiger partial charge in [0.05, 0.1) is 18.2 Å². The van der Waals surface area contributed by atoms with Crippen molar-refractivity contribution in [2.45, 2.75) is 25.8 Å². The largest absolute Gasteiger partial charge is 0.507 e. The molecule has 1 N–H and O–H groups in total. The number of likely N-dealkylation sites (tertiary alicyclic amines) is 1. The monoisotopic (exact) mass is 399 g/mol.